The van der Waals surface area contributed by atoms with Gasteiger partial charge in [-0.2, -0.15) is 0 Å². The lowest BCUT2D eigenvalue weighted by Gasteiger charge is -2.37. The Labute approximate surface area is 172 Å². The lowest BCUT2D eigenvalue weighted by molar-refractivity contribution is -0.145. The monoisotopic (exact) mass is 397 g/mol. The van der Waals surface area contributed by atoms with Crippen molar-refractivity contribution in [3.63, 3.8) is 0 Å². The van der Waals surface area contributed by atoms with Crippen LogP contribution >= 0.6 is 0 Å². The largest absolute Gasteiger partial charge is 0.380 e. The molecule has 1 atom stereocenters. The summed E-state index contributed by atoms with van der Waals surface area (Å²) in [4.78, 5) is 15.2. The first-order chi connectivity index (χ1) is 14.1. The summed E-state index contributed by atoms with van der Waals surface area (Å²) in [5, 5.41) is 22.8. The third-order valence-corrected chi connectivity index (χ3v) is 6.26. The molecule has 0 aliphatic carbocycles. The molecule has 1 amide bonds. The zero-order valence-electron chi connectivity index (χ0n) is 17.2. The number of rotatable bonds is 5. The van der Waals surface area contributed by atoms with E-state index in [1.807, 2.05) is 30.3 Å². The highest BCUT2D eigenvalue weighted by Gasteiger charge is 2.40. The Morgan fingerprint density at radius 2 is 1.93 bits per heavy atom. The Hall–Kier alpha value is -2.25. The zero-order valence-corrected chi connectivity index (χ0v) is 17.2. The highest BCUT2D eigenvalue weighted by molar-refractivity contribution is 5.85. The number of carbonyl (C=O) groups excluding carboxylic acids is 1. The molecule has 2 N–H and O–H groups in total. The first kappa shape index (κ1) is 20.0. The first-order valence-corrected chi connectivity index (χ1v) is 10.8. The molecule has 1 fully saturated rings. The minimum atomic E-state index is -1.24. The number of aromatic nitrogens is 3. The van der Waals surface area contributed by atoms with Crippen LogP contribution in [0.15, 0.2) is 30.3 Å². The third kappa shape index (κ3) is 4.36. The van der Waals surface area contributed by atoms with Crippen LogP contribution < -0.4 is 5.32 Å². The molecule has 1 aromatic heterocycles. The van der Waals surface area contributed by atoms with Crippen LogP contribution in [0.1, 0.15) is 44.9 Å². The van der Waals surface area contributed by atoms with Crippen LogP contribution in [0, 0.1) is 0 Å². The van der Waals surface area contributed by atoms with Crippen LogP contribution in [0.25, 0.3) is 11.4 Å². The van der Waals surface area contributed by atoms with Crippen LogP contribution in [-0.2, 0) is 17.8 Å². The maximum Gasteiger partial charge on any atom is 0.252 e. The van der Waals surface area contributed by atoms with Crippen molar-refractivity contribution in [2.75, 3.05) is 19.6 Å². The number of hydrogen-bond donors (Lipinski definition) is 2. The van der Waals surface area contributed by atoms with E-state index in [1.165, 1.54) is 0 Å². The molecule has 29 heavy (non-hydrogen) atoms. The number of hydrogen-bond acceptors (Lipinski definition) is 5. The molecule has 0 bridgehead atoms. The van der Waals surface area contributed by atoms with Crippen LogP contribution in [0.4, 0.5) is 0 Å². The number of likely N-dealkylation sites (tertiary alicyclic amines) is 1. The molecule has 0 saturated carbocycles. The van der Waals surface area contributed by atoms with E-state index in [1.54, 1.807) is 0 Å². The summed E-state index contributed by atoms with van der Waals surface area (Å²) in [6.07, 6.45) is 4.52. The van der Waals surface area contributed by atoms with Crippen LogP contribution in [0.2, 0.25) is 0 Å². The predicted octanol–water partition coefficient (Wildman–Crippen LogP) is 2.00. The standard InChI is InChI=1S/C22H31N5O2/c1-2-13-26-15-11-22(29,12-16-26)21(28)23-18-8-9-19-24-25-20(27(19)14-10-18)17-6-4-3-5-7-17/h3-7,18,29H,2,8-16H2,1H3,(H,23,28). The molecule has 4 rings (SSSR count). The second kappa shape index (κ2) is 8.63. The van der Waals surface area contributed by atoms with Gasteiger partial charge in [-0.3, -0.25) is 4.79 Å². The van der Waals surface area contributed by atoms with Gasteiger partial charge in [0, 0.05) is 37.7 Å². The molecular formula is C22H31N5O2. The van der Waals surface area contributed by atoms with E-state index in [0.29, 0.717) is 12.8 Å². The lowest BCUT2D eigenvalue weighted by atomic mass is 9.89. The summed E-state index contributed by atoms with van der Waals surface area (Å²) in [5.74, 6) is 1.64. The Kier molecular flexibility index (Phi) is 5.96. The number of fused-ring (bicyclic) bond motifs is 1. The van der Waals surface area contributed by atoms with Crippen molar-refractivity contribution in [2.24, 2.45) is 0 Å². The van der Waals surface area contributed by atoms with Crippen molar-refractivity contribution in [3.05, 3.63) is 36.2 Å². The van der Waals surface area contributed by atoms with Crippen molar-refractivity contribution in [1.29, 1.82) is 0 Å². The van der Waals surface area contributed by atoms with Gasteiger partial charge in [0.1, 0.15) is 11.4 Å². The van der Waals surface area contributed by atoms with Crippen molar-refractivity contribution >= 4 is 5.91 Å². The fourth-order valence-electron chi connectivity index (χ4n) is 4.44. The molecule has 2 aromatic rings. The molecule has 7 nitrogen and oxygen atoms in total. The summed E-state index contributed by atoms with van der Waals surface area (Å²) in [7, 11) is 0. The van der Waals surface area contributed by atoms with E-state index in [9.17, 15) is 9.90 Å². The minimum Gasteiger partial charge on any atom is -0.380 e. The SMILES string of the molecule is CCCN1CCC(O)(C(=O)NC2CCc3nnc(-c4ccccc4)n3CC2)CC1. The zero-order chi connectivity index (χ0) is 20.3. The molecule has 3 heterocycles. The topological polar surface area (TPSA) is 83.3 Å². The summed E-state index contributed by atoms with van der Waals surface area (Å²) < 4.78 is 2.17. The molecular weight excluding hydrogens is 366 g/mol. The number of nitrogens with zero attached hydrogens (tertiary/aromatic N) is 4. The number of benzene rings is 1. The molecule has 156 valence electrons. The normalized spacial score (nSPS) is 21.9. The Balaban J connectivity index is 1.37. The van der Waals surface area contributed by atoms with Crippen LogP contribution in [0.3, 0.4) is 0 Å². The highest BCUT2D eigenvalue weighted by Crippen LogP contribution is 2.25. The van der Waals surface area contributed by atoms with E-state index in [2.05, 4.69) is 31.9 Å². The predicted molar refractivity (Wildman–Crippen MR) is 111 cm³/mol. The number of amides is 1. The average Bonchev–Trinajstić information content (AvgIpc) is 3.05. The summed E-state index contributed by atoms with van der Waals surface area (Å²) >= 11 is 0. The van der Waals surface area contributed by atoms with Gasteiger partial charge in [-0.15, -0.1) is 10.2 Å². The van der Waals surface area contributed by atoms with E-state index < -0.39 is 5.60 Å². The summed E-state index contributed by atoms with van der Waals surface area (Å²) in [5.41, 5.74) is -0.178. The molecule has 0 radical (unpaired) electrons. The number of aliphatic hydroxyl groups is 1. The van der Waals surface area contributed by atoms with Gasteiger partial charge in [0.05, 0.1) is 0 Å². The van der Waals surface area contributed by atoms with E-state index in [-0.39, 0.29) is 11.9 Å². The highest BCUT2D eigenvalue weighted by atomic mass is 16.3. The van der Waals surface area contributed by atoms with Gasteiger partial charge < -0.3 is 19.9 Å². The number of piperidine rings is 1. The molecule has 2 aliphatic heterocycles. The molecule has 1 unspecified atom stereocenters. The second-order valence-corrected chi connectivity index (χ2v) is 8.33. The van der Waals surface area contributed by atoms with Gasteiger partial charge >= 0.3 is 0 Å². The number of nitrogens with one attached hydrogen (secondary N) is 1. The van der Waals surface area contributed by atoms with E-state index in [4.69, 9.17) is 0 Å². The van der Waals surface area contributed by atoms with Gasteiger partial charge in [0.25, 0.3) is 5.91 Å². The number of carbonyl (C=O) groups is 1. The van der Waals surface area contributed by atoms with Gasteiger partial charge in [0.2, 0.25) is 0 Å². The first-order valence-electron chi connectivity index (χ1n) is 10.8. The Morgan fingerprint density at radius 3 is 2.66 bits per heavy atom. The average molecular weight is 398 g/mol. The lowest BCUT2D eigenvalue weighted by Crippen LogP contribution is -2.55. The van der Waals surface area contributed by atoms with E-state index >= 15 is 0 Å². The molecule has 2 aliphatic rings. The van der Waals surface area contributed by atoms with Gasteiger partial charge in [0.15, 0.2) is 5.82 Å². The molecule has 1 saturated heterocycles. The fraction of sp³-hybridized carbons (Fsp3) is 0.591. The summed E-state index contributed by atoms with van der Waals surface area (Å²) in [6, 6.07) is 10.1. The van der Waals surface area contributed by atoms with Crippen LogP contribution in [-0.4, -0.2) is 62.0 Å². The van der Waals surface area contributed by atoms with Crippen molar-refractivity contribution in [1.82, 2.24) is 25.0 Å². The minimum absolute atomic E-state index is 0.0468. The summed E-state index contributed by atoms with van der Waals surface area (Å²) in [6.45, 7) is 5.51. The third-order valence-electron chi connectivity index (χ3n) is 6.26. The quantitative estimate of drug-likeness (QED) is 0.806. The maximum atomic E-state index is 12.9. The van der Waals surface area contributed by atoms with Gasteiger partial charge in [-0.25, -0.2) is 0 Å². The Bertz CT molecular complexity index is 827. The van der Waals surface area contributed by atoms with Crippen molar-refractivity contribution in [3.8, 4) is 11.4 Å². The number of aryl methyl sites for hydroxylation is 1. The van der Waals surface area contributed by atoms with Crippen molar-refractivity contribution < 1.29 is 9.90 Å². The van der Waals surface area contributed by atoms with Crippen LogP contribution in [0.5, 0.6) is 0 Å². The van der Waals surface area contributed by atoms with Gasteiger partial charge in [-0.05, 0) is 38.6 Å². The molecule has 7 heteroatoms. The smallest absolute Gasteiger partial charge is 0.252 e. The Morgan fingerprint density at radius 1 is 1.17 bits per heavy atom. The fourth-order valence-corrected chi connectivity index (χ4v) is 4.44. The van der Waals surface area contributed by atoms with Crippen molar-refractivity contribution in [2.45, 2.75) is 63.6 Å². The molecule has 0 spiro atoms. The van der Waals surface area contributed by atoms with Gasteiger partial charge in [-0.1, -0.05) is 37.3 Å². The second-order valence-electron chi connectivity index (χ2n) is 8.33. The molecule has 1 aromatic carbocycles. The van der Waals surface area contributed by atoms with E-state index in [0.717, 1.165) is 69.1 Å². The maximum absolute atomic E-state index is 12.9.